The van der Waals surface area contributed by atoms with Gasteiger partial charge in [0, 0.05) is 30.2 Å². The Labute approximate surface area is 298 Å². The summed E-state index contributed by atoms with van der Waals surface area (Å²) in [6, 6.07) is 23.2. The second-order valence-electron chi connectivity index (χ2n) is 11.9. The zero-order valence-corrected chi connectivity index (χ0v) is 29.7. The number of carbonyl (C=O) groups excluding carboxylic acids is 1. The first kappa shape index (κ1) is 36.3. The number of pyridine rings is 1. The highest BCUT2D eigenvalue weighted by Gasteiger charge is 2.16. The van der Waals surface area contributed by atoms with Crippen LogP contribution in [0.4, 0.5) is 5.69 Å². The van der Waals surface area contributed by atoms with Crippen molar-refractivity contribution in [1.29, 1.82) is 5.26 Å². The van der Waals surface area contributed by atoms with Crippen molar-refractivity contribution < 1.29 is 28.2 Å². The molecule has 1 aliphatic rings. The van der Waals surface area contributed by atoms with Gasteiger partial charge in [-0.25, -0.2) is 14.8 Å². The first-order valence-corrected chi connectivity index (χ1v) is 17.0. The lowest BCUT2D eigenvalue weighted by molar-refractivity contribution is 0.0526. The Hall–Kier alpha value is -5.95. The third-order valence-corrected chi connectivity index (χ3v) is 8.18. The lowest BCUT2D eigenvalue weighted by Crippen LogP contribution is -2.08. The van der Waals surface area contributed by atoms with Gasteiger partial charge in [-0.3, -0.25) is 4.99 Å². The molecule has 10 nitrogen and oxygen atoms in total. The molecule has 0 radical (unpaired) electrons. The number of aryl methyl sites for hydroxylation is 3. The number of rotatable bonds is 7. The van der Waals surface area contributed by atoms with Gasteiger partial charge in [0.05, 0.1) is 49.4 Å². The summed E-state index contributed by atoms with van der Waals surface area (Å²) >= 11 is 0. The zero-order chi connectivity index (χ0) is 36.2. The van der Waals surface area contributed by atoms with Gasteiger partial charge in [0.15, 0.2) is 5.89 Å². The summed E-state index contributed by atoms with van der Waals surface area (Å²) in [6.45, 7) is 8.82. The Morgan fingerprint density at radius 3 is 2.63 bits per heavy atom. The summed E-state index contributed by atoms with van der Waals surface area (Å²) in [4.78, 5) is 25.8. The highest BCUT2D eigenvalue weighted by molar-refractivity contribution is 5.93. The van der Waals surface area contributed by atoms with E-state index in [0.717, 1.165) is 70.1 Å². The number of nitrogens with zero attached hydrogens (tertiary/aromatic N) is 4. The summed E-state index contributed by atoms with van der Waals surface area (Å²) < 4.78 is 28.1. The number of benzene rings is 3. The van der Waals surface area contributed by atoms with E-state index in [1.165, 1.54) is 0 Å². The van der Waals surface area contributed by atoms with E-state index in [9.17, 15) is 10.1 Å². The van der Waals surface area contributed by atoms with E-state index in [4.69, 9.17) is 33.3 Å². The lowest BCUT2D eigenvalue weighted by atomic mass is 10.0. The Morgan fingerprint density at radius 2 is 1.90 bits per heavy atom. The minimum atomic E-state index is -0.394. The van der Waals surface area contributed by atoms with Gasteiger partial charge in [-0.05, 0) is 92.3 Å². The second kappa shape index (κ2) is 17.6. The molecule has 2 aromatic heterocycles. The molecule has 51 heavy (non-hydrogen) atoms. The van der Waals surface area contributed by atoms with Gasteiger partial charge < -0.3 is 23.4 Å². The minimum Gasteiger partial charge on any atom is -0.494 e. The molecule has 262 valence electrons. The molecular weight excluding hydrogens is 644 g/mol. The summed E-state index contributed by atoms with van der Waals surface area (Å²) in [6.07, 6.45) is 6.18. The van der Waals surface area contributed by atoms with Gasteiger partial charge >= 0.3 is 5.97 Å². The van der Waals surface area contributed by atoms with Crippen LogP contribution >= 0.6 is 0 Å². The highest BCUT2D eigenvalue weighted by atomic mass is 16.5. The number of oxazole rings is 1. The highest BCUT2D eigenvalue weighted by Crippen LogP contribution is 2.34. The maximum atomic E-state index is 12.3. The monoisotopic (exact) mass is 686 g/mol. The van der Waals surface area contributed by atoms with Crippen molar-refractivity contribution in [2.75, 3.05) is 20.3 Å². The Bertz CT molecular complexity index is 2030. The number of aromatic nitrogens is 2. The van der Waals surface area contributed by atoms with Crippen LogP contribution in [-0.2, 0) is 30.6 Å². The fraction of sp³-hybridized carbons (Fsp3) is 0.293. The zero-order valence-electron chi connectivity index (χ0n) is 29.7. The molecule has 0 spiro atoms. The van der Waals surface area contributed by atoms with Crippen molar-refractivity contribution in [3.63, 3.8) is 0 Å². The van der Waals surface area contributed by atoms with Crippen molar-refractivity contribution in [2.24, 2.45) is 4.99 Å². The molecule has 5 aromatic rings. The summed E-state index contributed by atoms with van der Waals surface area (Å²) in [7, 11) is 1.56. The van der Waals surface area contributed by atoms with Crippen molar-refractivity contribution in [2.45, 2.75) is 60.0 Å². The quantitative estimate of drug-likeness (QED) is 0.122. The van der Waals surface area contributed by atoms with E-state index in [1.807, 2.05) is 75.4 Å². The molecule has 0 amide bonds. The average Bonchev–Trinajstić information content (AvgIpc) is 3.68. The van der Waals surface area contributed by atoms with E-state index >= 15 is 0 Å². The van der Waals surface area contributed by atoms with Gasteiger partial charge in [-0.2, -0.15) is 5.26 Å². The molecule has 3 aromatic carbocycles. The van der Waals surface area contributed by atoms with Crippen LogP contribution in [0.1, 0.15) is 71.3 Å². The number of nitriles is 1. The van der Waals surface area contributed by atoms with Crippen molar-refractivity contribution in [3.05, 3.63) is 118 Å². The van der Waals surface area contributed by atoms with Gasteiger partial charge in [0.25, 0.3) is 0 Å². The molecule has 0 saturated heterocycles. The van der Waals surface area contributed by atoms with Crippen LogP contribution < -0.4 is 14.2 Å². The van der Waals surface area contributed by atoms with Crippen LogP contribution in [0.5, 0.6) is 17.4 Å². The first-order chi connectivity index (χ1) is 24.8. The third kappa shape index (κ3) is 9.61. The predicted octanol–water partition coefficient (Wildman–Crippen LogP) is 8.59. The molecule has 3 heterocycles. The van der Waals surface area contributed by atoms with E-state index in [1.54, 1.807) is 38.6 Å². The second-order valence-corrected chi connectivity index (χ2v) is 11.9. The van der Waals surface area contributed by atoms with E-state index in [2.05, 4.69) is 11.1 Å². The molecule has 0 saturated carbocycles. The molecule has 1 aliphatic heterocycles. The standard InChI is InChI=1S/C36H35N3O5.C5H7NO/c1-5-42-36(40)30-16-23(2)35(33(20-30)41-4)38-24(3)17-28-14-13-27-19-32(28)43-15-7-8-26-18-25(21-37)11-12-29(26)22-44-34-10-6-9-31(27)39-34;1-2-5-6-3-4-7-5/h6,9-14,16,18-20H,5,7-8,15,17,22H2,1-4H3;3-4H,2H2,1H3. The van der Waals surface area contributed by atoms with Crippen LogP contribution in [0.25, 0.3) is 11.3 Å². The normalized spacial score (nSPS) is 12.4. The molecule has 6 rings (SSSR count). The maximum absolute atomic E-state index is 12.3. The number of fused-ring (bicyclic) bond motifs is 6. The van der Waals surface area contributed by atoms with Gasteiger partial charge in [0.2, 0.25) is 5.88 Å². The molecule has 10 heteroatoms. The fourth-order valence-corrected chi connectivity index (χ4v) is 5.63. The number of hydrogen-bond donors (Lipinski definition) is 0. The van der Waals surface area contributed by atoms with Gasteiger partial charge in [-0.15, -0.1) is 0 Å². The Kier molecular flexibility index (Phi) is 12.6. The minimum absolute atomic E-state index is 0.299. The van der Waals surface area contributed by atoms with Crippen LogP contribution in [0.2, 0.25) is 0 Å². The molecule has 0 aliphatic carbocycles. The van der Waals surface area contributed by atoms with Crippen LogP contribution in [0.3, 0.4) is 0 Å². The van der Waals surface area contributed by atoms with E-state index in [-0.39, 0.29) is 0 Å². The van der Waals surface area contributed by atoms with Crippen LogP contribution in [0.15, 0.2) is 88.6 Å². The number of ether oxygens (including phenoxy) is 4. The number of hydrogen-bond acceptors (Lipinski definition) is 10. The van der Waals surface area contributed by atoms with Gasteiger partial charge in [-0.1, -0.05) is 31.2 Å². The number of methoxy groups -OCH3 is 1. The SMILES string of the molecule is CCOC(=O)c1cc(C)c(N=C(C)Cc2ccc3cc2OCCCc2cc(C#N)ccc2COc2cccc-3n2)c(OC)c1.CCc1ncco1. The maximum Gasteiger partial charge on any atom is 0.338 e. The molecular formula is C41H42N4O6. The third-order valence-electron chi connectivity index (χ3n) is 8.18. The summed E-state index contributed by atoms with van der Waals surface area (Å²) in [5.41, 5.74) is 8.18. The number of aliphatic imine (C=N–C) groups is 1. The predicted molar refractivity (Wildman–Crippen MR) is 195 cm³/mol. The van der Waals surface area contributed by atoms with Gasteiger partial charge in [0.1, 0.15) is 30.1 Å². The van der Waals surface area contributed by atoms with E-state index in [0.29, 0.717) is 54.7 Å². The average molecular weight is 687 g/mol. The first-order valence-electron chi connectivity index (χ1n) is 17.0. The fourth-order valence-electron chi connectivity index (χ4n) is 5.63. The number of carbonyl (C=O) groups is 1. The van der Waals surface area contributed by atoms with Crippen LogP contribution in [0, 0.1) is 18.3 Å². The molecule has 0 atom stereocenters. The summed E-state index contributed by atoms with van der Waals surface area (Å²) in [5, 5.41) is 9.43. The van der Waals surface area contributed by atoms with E-state index < -0.39 is 5.97 Å². The molecule has 4 bridgehead atoms. The molecule has 0 unspecified atom stereocenters. The van der Waals surface area contributed by atoms with Crippen molar-refractivity contribution in [3.8, 4) is 34.7 Å². The topological polar surface area (TPSA) is 129 Å². The number of esters is 1. The van der Waals surface area contributed by atoms with Crippen LogP contribution in [-0.4, -0.2) is 42.0 Å². The summed E-state index contributed by atoms with van der Waals surface area (Å²) in [5.74, 6) is 2.21. The van der Waals surface area contributed by atoms with Crippen molar-refractivity contribution >= 4 is 17.4 Å². The molecule has 0 fully saturated rings. The Balaban J connectivity index is 0.000000643. The smallest absolute Gasteiger partial charge is 0.338 e. The Morgan fingerprint density at radius 1 is 1.04 bits per heavy atom. The van der Waals surface area contributed by atoms with Crippen molar-refractivity contribution in [1.82, 2.24) is 9.97 Å². The largest absolute Gasteiger partial charge is 0.494 e. The molecule has 0 N–H and O–H groups in total. The lowest BCUT2D eigenvalue weighted by Gasteiger charge is -2.16.